The number of hydrogen-bond acceptors (Lipinski definition) is 8. The summed E-state index contributed by atoms with van der Waals surface area (Å²) in [5, 5.41) is 20.0. The van der Waals surface area contributed by atoms with Gasteiger partial charge in [0.2, 0.25) is 0 Å². The van der Waals surface area contributed by atoms with E-state index < -0.39 is 14.6 Å². The lowest BCUT2D eigenvalue weighted by Crippen LogP contribution is -2.44. The highest BCUT2D eigenvalue weighted by Crippen LogP contribution is 2.54. The third-order valence-electron chi connectivity index (χ3n) is 5.59. The minimum Gasteiger partial charge on any atom is -0.392 e. The molecule has 0 bridgehead atoms. The highest BCUT2D eigenvalue weighted by atomic mass is 32.2. The first-order chi connectivity index (χ1) is 13.4. The van der Waals surface area contributed by atoms with Crippen LogP contribution in [-0.2, 0) is 25.9 Å². The predicted octanol–water partition coefficient (Wildman–Crippen LogP) is 1.30. The highest BCUT2D eigenvalue weighted by molar-refractivity contribution is 7.92. The number of H-pyrrole nitrogens is 1. The Morgan fingerprint density at radius 3 is 2.82 bits per heavy atom. The van der Waals surface area contributed by atoms with Gasteiger partial charge in [0.15, 0.2) is 9.84 Å². The maximum Gasteiger partial charge on any atom is 0.157 e. The zero-order valence-corrected chi connectivity index (χ0v) is 16.8. The predicted molar refractivity (Wildman–Crippen MR) is 105 cm³/mol. The topological polar surface area (TPSA) is 120 Å². The molecule has 2 aliphatic rings. The smallest absolute Gasteiger partial charge is 0.157 e. The first kappa shape index (κ1) is 19.2. The normalized spacial score (nSPS) is 21.5. The molecule has 0 spiro atoms. The third-order valence-corrected chi connectivity index (χ3v) is 7.64. The number of ether oxygens (including phenoxy) is 1. The maximum absolute atomic E-state index is 12.6. The van der Waals surface area contributed by atoms with Crippen LogP contribution in [0.25, 0.3) is 0 Å². The number of aromatic nitrogens is 3. The average Bonchev–Trinajstić information content (AvgIpc) is 3.33. The molecule has 1 aliphatic heterocycles. The van der Waals surface area contributed by atoms with Crippen LogP contribution in [0.15, 0.2) is 18.3 Å². The van der Waals surface area contributed by atoms with E-state index in [1.165, 1.54) is 6.26 Å². The summed E-state index contributed by atoms with van der Waals surface area (Å²) in [6.07, 6.45) is 3.96. The number of aromatic amines is 1. The fraction of sp³-hybridized carbons (Fsp3) is 0.556. The van der Waals surface area contributed by atoms with Crippen LogP contribution in [0.2, 0.25) is 0 Å². The molecule has 1 saturated heterocycles. The van der Waals surface area contributed by atoms with Gasteiger partial charge in [0.1, 0.15) is 17.5 Å². The van der Waals surface area contributed by atoms with E-state index in [4.69, 9.17) is 9.72 Å². The number of aliphatic hydroxyl groups is 1. The van der Waals surface area contributed by atoms with E-state index in [1.807, 2.05) is 13.0 Å². The van der Waals surface area contributed by atoms with Crippen LogP contribution >= 0.6 is 0 Å². The molecular weight excluding hydrogens is 382 g/mol. The van der Waals surface area contributed by atoms with Crippen molar-refractivity contribution in [1.29, 1.82) is 0 Å². The SMILES string of the molecule is C[C@@H]1COCCN1c1cc(C2(S(C)(=O)=O)CC2)c(CO)c(Nc2ccn[nH]2)n1. The lowest BCUT2D eigenvalue weighted by Gasteiger charge is -2.35. The first-order valence-corrected chi connectivity index (χ1v) is 11.2. The monoisotopic (exact) mass is 407 g/mol. The standard InChI is InChI=1S/C18H25N5O4S/c1-12-11-27-8-7-23(12)16-9-14(18(4-5-18)28(2,25)26)13(10-24)17(21-16)20-15-3-6-19-22-15/h3,6,9,12,24H,4-5,7-8,10-11H2,1-2H3,(H2,19,20,21,22)/t12-/m1/s1. The number of hydrogen-bond donors (Lipinski definition) is 3. The average molecular weight is 407 g/mol. The Labute approximate surface area is 164 Å². The van der Waals surface area contributed by atoms with Gasteiger partial charge in [0.25, 0.3) is 0 Å². The summed E-state index contributed by atoms with van der Waals surface area (Å²) in [5.74, 6) is 1.73. The second kappa shape index (κ2) is 7.02. The Balaban J connectivity index is 1.87. The molecule has 1 saturated carbocycles. The summed E-state index contributed by atoms with van der Waals surface area (Å²) in [6.45, 7) is 3.57. The summed E-state index contributed by atoms with van der Waals surface area (Å²) >= 11 is 0. The summed E-state index contributed by atoms with van der Waals surface area (Å²) < 4.78 is 29.8. The summed E-state index contributed by atoms with van der Waals surface area (Å²) in [5.41, 5.74) is 1.13. The molecule has 2 aromatic heterocycles. The minimum atomic E-state index is -3.35. The Hall–Kier alpha value is -2.17. The van der Waals surface area contributed by atoms with E-state index in [0.29, 0.717) is 61.2 Å². The molecule has 10 heteroatoms. The number of morpholine rings is 1. The summed E-state index contributed by atoms with van der Waals surface area (Å²) in [4.78, 5) is 6.85. The Kier molecular flexibility index (Phi) is 4.80. The van der Waals surface area contributed by atoms with Crippen LogP contribution in [-0.4, -0.2) is 60.8 Å². The number of nitrogens with one attached hydrogen (secondary N) is 2. The second-order valence-electron chi connectivity index (χ2n) is 7.49. The summed E-state index contributed by atoms with van der Waals surface area (Å²) in [7, 11) is -3.35. The summed E-state index contributed by atoms with van der Waals surface area (Å²) in [6, 6.07) is 3.69. The van der Waals surface area contributed by atoms with Crippen molar-refractivity contribution in [2.75, 3.05) is 36.2 Å². The van der Waals surface area contributed by atoms with Gasteiger partial charge in [0.05, 0.1) is 36.8 Å². The van der Waals surface area contributed by atoms with Crippen molar-refractivity contribution in [3.8, 4) is 0 Å². The largest absolute Gasteiger partial charge is 0.392 e. The number of nitrogens with zero attached hydrogens (tertiary/aromatic N) is 3. The van der Waals surface area contributed by atoms with Crippen molar-refractivity contribution in [1.82, 2.24) is 15.2 Å². The van der Waals surface area contributed by atoms with E-state index in [-0.39, 0.29) is 12.6 Å². The van der Waals surface area contributed by atoms with Gasteiger partial charge >= 0.3 is 0 Å². The van der Waals surface area contributed by atoms with Crippen LogP contribution in [0.5, 0.6) is 0 Å². The molecule has 2 aromatic rings. The minimum absolute atomic E-state index is 0.113. The van der Waals surface area contributed by atoms with Crippen LogP contribution < -0.4 is 10.2 Å². The van der Waals surface area contributed by atoms with Gasteiger partial charge in [-0.05, 0) is 31.4 Å². The zero-order valence-electron chi connectivity index (χ0n) is 16.0. The van der Waals surface area contributed by atoms with Crippen molar-refractivity contribution >= 4 is 27.3 Å². The molecule has 0 radical (unpaired) electrons. The van der Waals surface area contributed by atoms with E-state index in [2.05, 4.69) is 20.4 Å². The molecule has 2 fully saturated rings. The van der Waals surface area contributed by atoms with E-state index in [0.717, 1.165) is 0 Å². The van der Waals surface area contributed by atoms with Gasteiger partial charge < -0.3 is 20.1 Å². The molecule has 3 heterocycles. The molecule has 1 aliphatic carbocycles. The molecule has 0 amide bonds. The molecule has 1 atom stereocenters. The molecule has 0 unspecified atom stereocenters. The van der Waals surface area contributed by atoms with Gasteiger partial charge in [-0.2, -0.15) is 5.10 Å². The Morgan fingerprint density at radius 2 is 2.25 bits per heavy atom. The van der Waals surface area contributed by atoms with Crippen molar-refractivity contribution in [2.45, 2.75) is 37.2 Å². The van der Waals surface area contributed by atoms with Crippen LogP contribution in [0.4, 0.5) is 17.5 Å². The van der Waals surface area contributed by atoms with E-state index in [1.54, 1.807) is 12.3 Å². The van der Waals surface area contributed by atoms with E-state index >= 15 is 0 Å². The van der Waals surface area contributed by atoms with Crippen LogP contribution in [0.3, 0.4) is 0 Å². The molecule has 4 rings (SSSR count). The molecule has 9 nitrogen and oxygen atoms in total. The van der Waals surface area contributed by atoms with Gasteiger partial charge in [-0.1, -0.05) is 0 Å². The molecule has 0 aromatic carbocycles. The zero-order chi connectivity index (χ0) is 19.9. The van der Waals surface area contributed by atoms with Gasteiger partial charge in [-0.3, -0.25) is 5.10 Å². The van der Waals surface area contributed by atoms with Crippen molar-refractivity contribution in [3.05, 3.63) is 29.5 Å². The van der Waals surface area contributed by atoms with Gasteiger partial charge in [-0.15, -0.1) is 0 Å². The Morgan fingerprint density at radius 1 is 1.46 bits per heavy atom. The number of rotatable bonds is 6. The number of pyridine rings is 1. The third kappa shape index (κ3) is 3.25. The van der Waals surface area contributed by atoms with Crippen LogP contribution in [0, 0.1) is 0 Å². The van der Waals surface area contributed by atoms with Crippen molar-refractivity contribution in [3.63, 3.8) is 0 Å². The van der Waals surface area contributed by atoms with Crippen molar-refractivity contribution in [2.24, 2.45) is 0 Å². The lowest BCUT2D eigenvalue weighted by molar-refractivity contribution is 0.0985. The number of aliphatic hydroxyl groups excluding tert-OH is 1. The fourth-order valence-electron chi connectivity index (χ4n) is 3.85. The van der Waals surface area contributed by atoms with Gasteiger partial charge in [0, 0.05) is 24.4 Å². The second-order valence-corrected chi connectivity index (χ2v) is 9.82. The number of sulfone groups is 1. The quantitative estimate of drug-likeness (QED) is 0.655. The highest BCUT2D eigenvalue weighted by Gasteiger charge is 2.55. The van der Waals surface area contributed by atoms with E-state index in [9.17, 15) is 13.5 Å². The molecular formula is C18H25N5O4S. The molecule has 152 valence electrons. The van der Waals surface area contributed by atoms with Crippen LogP contribution in [0.1, 0.15) is 30.9 Å². The molecule has 28 heavy (non-hydrogen) atoms. The lowest BCUT2D eigenvalue weighted by atomic mass is 10.0. The maximum atomic E-state index is 12.6. The number of anilines is 3. The first-order valence-electron chi connectivity index (χ1n) is 9.31. The molecule has 3 N–H and O–H groups in total. The van der Waals surface area contributed by atoms with Crippen molar-refractivity contribution < 1.29 is 18.3 Å². The fourth-order valence-corrected chi connectivity index (χ4v) is 5.27. The van der Waals surface area contributed by atoms with Gasteiger partial charge in [-0.25, -0.2) is 13.4 Å². The Bertz CT molecular complexity index is 957.